The van der Waals surface area contributed by atoms with Crippen LogP contribution in [-0.2, 0) is 7.05 Å². The molecule has 0 fully saturated rings. The van der Waals surface area contributed by atoms with Gasteiger partial charge in [0.2, 0.25) is 0 Å². The summed E-state index contributed by atoms with van der Waals surface area (Å²) in [7, 11) is 3.61. The van der Waals surface area contributed by atoms with E-state index in [1.165, 1.54) is 5.56 Å². The minimum atomic E-state index is -0.219. The first-order valence-electron chi connectivity index (χ1n) is 6.36. The highest BCUT2D eigenvalue weighted by Gasteiger charge is 2.21. The number of hydrogen-bond acceptors (Lipinski definition) is 3. The number of nitrogens with zero attached hydrogens (tertiary/aromatic N) is 2. The third-order valence-corrected chi connectivity index (χ3v) is 3.60. The molecule has 0 aliphatic heterocycles. The SMILES string of the molecule is COc1ccc(C)cc1C(N)c1c(C)nn(C)c1C. The Kier molecular flexibility index (Phi) is 3.62. The van der Waals surface area contributed by atoms with Crippen molar-refractivity contribution in [2.45, 2.75) is 26.8 Å². The van der Waals surface area contributed by atoms with Crippen LogP contribution < -0.4 is 10.5 Å². The van der Waals surface area contributed by atoms with Crippen LogP contribution in [0.2, 0.25) is 0 Å². The third-order valence-electron chi connectivity index (χ3n) is 3.60. The van der Waals surface area contributed by atoms with Gasteiger partial charge >= 0.3 is 0 Å². The fourth-order valence-corrected chi connectivity index (χ4v) is 2.49. The molecule has 4 nitrogen and oxygen atoms in total. The quantitative estimate of drug-likeness (QED) is 0.921. The van der Waals surface area contributed by atoms with Crippen LogP contribution in [0.3, 0.4) is 0 Å². The van der Waals surface area contributed by atoms with E-state index in [1.54, 1.807) is 7.11 Å². The summed E-state index contributed by atoms with van der Waals surface area (Å²) in [4.78, 5) is 0. The van der Waals surface area contributed by atoms with Gasteiger partial charge in [-0.3, -0.25) is 4.68 Å². The summed E-state index contributed by atoms with van der Waals surface area (Å²) in [5, 5.41) is 4.43. The smallest absolute Gasteiger partial charge is 0.123 e. The van der Waals surface area contributed by atoms with Crippen molar-refractivity contribution >= 4 is 0 Å². The number of rotatable bonds is 3. The van der Waals surface area contributed by atoms with Gasteiger partial charge in [-0.05, 0) is 26.8 Å². The molecule has 0 bridgehead atoms. The van der Waals surface area contributed by atoms with Crippen molar-refractivity contribution in [3.63, 3.8) is 0 Å². The molecule has 0 amide bonds. The zero-order valence-corrected chi connectivity index (χ0v) is 12.2. The van der Waals surface area contributed by atoms with Gasteiger partial charge in [0.1, 0.15) is 5.75 Å². The van der Waals surface area contributed by atoms with Crippen molar-refractivity contribution in [3.05, 3.63) is 46.3 Å². The molecule has 1 aromatic heterocycles. The molecule has 0 aliphatic rings. The van der Waals surface area contributed by atoms with Crippen LogP contribution in [0, 0.1) is 20.8 Å². The maximum atomic E-state index is 6.44. The van der Waals surface area contributed by atoms with Gasteiger partial charge in [0.05, 0.1) is 18.8 Å². The summed E-state index contributed by atoms with van der Waals surface area (Å²) >= 11 is 0. The average molecular weight is 259 g/mol. The Morgan fingerprint density at radius 1 is 1.26 bits per heavy atom. The van der Waals surface area contributed by atoms with E-state index in [1.807, 2.05) is 37.7 Å². The highest BCUT2D eigenvalue weighted by atomic mass is 16.5. The highest BCUT2D eigenvalue weighted by Crippen LogP contribution is 2.32. The van der Waals surface area contributed by atoms with E-state index >= 15 is 0 Å². The van der Waals surface area contributed by atoms with Gasteiger partial charge < -0.3 is 10.5 Å². The Balaban J connectivity index is 2.55. The summed E-state index contributed by atoms with van der Waals surface area (Å²) in [6, 6.07) is 5.85. The first kappa shape index (κ1) is 13.6. The Bertz CT molecular complexity index is 602. The summed E-state index contributed by atoms with van der Waals surface area (Å²) < 4.78 is 7.29. The number of hydrogen-bond donors (Lipinski definition) is 1. The molecule has 19 heavy (non-hydrogen) atoms. The van der Waals surface area contributed by atoms with E-state index in [-0.39, 0.29) is 6.04 Å². The van der Waals surface area contributed by atoms with Gasteiger partial charge in [-0.15, -0.1) is 0 Å². The van der Waals surface area contributed by atoms with Gasteiger partial charge in [-0.2, -0.15) is 5.10 Å². The first-order valence-corrected chi connectivity index (χ1v) is 6.36. The fourth-order valence-electron chi connectivity index (χ4n) is 2.49. The number of benzene rings is 1. The molecule has 0 saturated heterocycles. The second kappa shape index (κ2) is 5.05. The average Bonchev–Trinajstić information content (AvgIpc) is 2.62. The molecule has 4 heteroatoms. The predicted molar refractivity (Wildman–Crippen MR) is 76.4 cm³/mol. The predicted octanol–water partition coefficient (Wildman–Crippen LogP) is 2.40. The van der Waals surface area contributed by atoms with E-state index in [0.29, 0.717) is 0 Å². The molecule has 0 spiro atoms. The minimum Gasteiger partial charge on any atom is -0.496 e. The molecule has 1 heterocycles. The zero-order chi connectivity index (χ0) is 14.2. The van der Waals surface area contributed by atoms with Crippen LogP contribution >= 0.6 is 0 Å². The number of nitrogens with two attached hydrogens (primary N) is 1. The lowest BCUT2D eigenvalue weighted by Crippen LogP contribution is -2.15. The molecule has 102 valence electrons. The van der Waals surface area contributed by atoms with Gasteiger partial charge in [0.25, 0.3) is 0 Å². The maximum Gasteiger partial charge on any atom is 0.123 e. The van der Waals surface area contributed by atoms with Crippen LogP contribution in [0.1, 0.15) is 34.1 Å². The lowest BCUT2D eigenvalue weighted by Gasteiger charge is -2.17. The molecule has 0 radical (unpaired) electrons. The number of aryl methyl sites for hydroxylation is 3. The van der Waals surface area contributed by atoms with Crippen molar-refractivity contribution in [1.82, 2.24) is 9.78 Å². The molecule has 0 aliphatic carbocycles. The van der Waals surface area contributed by atoms with Crippen molar-refractivity contribution in [1.29, 1.82) is 0 Å². The van der Waals surface area contributed by atoms with E-state index in [0.717, 1.165) is 28.3 Å². The van der Waals surface area contributed by atoms with Crippen LogP contribution in [0.15, 0.2) is 18.2 Å². The Hall–Kier alpha value is -1.81. The summed E-state index contributed by atoms with van der Waals surface area (Å²) in [5.74, 6) is 0.820. The van der Waals surface area contributed by atoms with E-state index in [4.69, 9.17) is 10.5 Å². The van der Waals surface area contributed by atoms with E-state index in [9.17, 15) is 0 Å². The number of methoxy groups -OCH3 is 1. The lowest BCUT2D eigenvalue weighted by molar-refractivity contribution is 0.407. The largest absolute Gasteiger partial charge is 0.496 e. The summed E-state index contributed by atoms with van der Waals surface area (Å²) in [6.45, 7) is 6.08. The summed E-state index contributed by atoms with van der Waals surface area (Å²) in [6.07, 6.45) is 0. The second-order valence-corrected chi connectivity index (χ2v) is 4.93. The Morgan fingerprint density at radius 3 is 2.47 bits per heavy atom. The molecule has 2 aromatic rings. The van der Waals surface area contributed by atoms with Crippen LogP contribution in [-0.4, -0.2) is 16.9 Å². The third kappa shape index (κ3) is 2.36. The molecular formula is C15H21N3O. The Labute approximate surface area is 114 Å². The lowest BCUT2D eigenvalue weighted by atomic mass is 9.96. The van der Waals surface area contributed by atoms with Crippen molar-refractivity contribution < 1.29 is 4.74 Å². The van der Waals surface area contributed by atoms with Crippen molar-refractivity contribution in [2.75, 3.05) is 7.11 Å². The molecule has 1 unspecified atom stereocenters. The molecule has 2 rings (SSSR count). The fraction of sp³-hybridized carbons (Fsp3) is 0.400. The zero-order valence-electron chi connectivity index (χ0n) is 12.2. The van der Waals surface area contributed by atoms with E-state index < -0.39 is 0 Å². The van der Waals surface area contributed by atoms with Gasteiger partial charge in [-0.1, -0.05) is 17.7 Å². The number of aromatic nitrogens is 2. The van der Waals surface area contributed by atoms with Crippen molar-refractivity contribution in [2.24, 2.45) is 12.8 Å². The second-order valence-electron chi connectivity index (χ2n) is 4.93. The standard InChI is InChI=1S/C15H21N3O/c1-9-6-7-13(19-5)12(8-9)15(16)14-10(2)17-18(4)11(14)3/h6-8,15H,16H2,1-5H3. The molecular weight excluding hydrogens is 238 g/mol. The van der Waals surface area contributed by atoms with Gasteiger partial charge in [-0.25, -0.2) is 0 Å². The van der Waals surface area contributed by atoms with Crippen LogP contribution in [0.5, 0.6) is 5.75 Å². The monoisotopic (exact) mass is 259 g/mol. The normalized spacial score (nSPS) is 12.5. The first-order chi connectivity index (χ1) is 8.95. The van der Waals surface area contributed by atoms with Gasteiger partial charge in [0, 0.05) is 23.9 Å². The number of ether oxygens (including phenoxy) is 1. The van der Waals surface area contributed by atoms with Crippen LogP contribution in [0.4, 0.5) is 0 Å². The van der Waals surface area contributed by atoms with Gasteiger partial charge in [0.15, 0.2) is 0 Å². The van der Waals surface area contributed by atoms with E-state index in [2.05, 4.69) is 18.1 Å². The summed E-state index contributed by atoms with van der Waals surface area (Å²) in [5.41, 5.74) is 11.8. The van der Waals surface area contributed by atoms with Crippen molar-refractivity contribution in [3.8, 4) is 5.75 Å². The molecule has 2 N–H and O–H groups in total. The topological polar surface area (TPSA) is 53.1 Å². The Morgan fingerprint density at radius 2 is 1.95 bits per heavy atom. The minimum absolute atomic E-state index is 0.219. The maximum absolute atomic E-state index is 6.44. The van der Waals surface area contributed by atoms with Crippen LogP contribution in [0.25, 0.3) is 0 Å². The highest BCUT2D eigenvalue weighted by molar-refractivity contribution is 5.45. The molecule has 1 aromatic carbocycles. The molecule has 1 atom stereocenters. The molecule has 0 saturated carbocycles.